The molecule has 0 fully saturated rings. The Hall–Kier alpha value is -1.32. The van der Waals surface area contributed by atoms with Gasteiger partial charge in [-0.2, -0.15) is 4.98 Å². The Balaban J connectivity index is 2.68. The molecule has 16 heavy (non-hydrogen) atoms. The molecule has 0 aromatic carbocycles. The summed E-state index contributed by atoms with van der Waals surface area (Å²) in [5.74, 6) is 1.74. The number of nitrogens with one attached hydrogen (secondary N) is 1. The Morgan fingerprint density at radius 2 is 2.00 bits per heavy atom. The summed E-state index contributed by atoms with van der Waals surface area (Å²) in [6, 6.07) is 1.91. The SMILES string of the molecule is Cc1cc(NCC(C)(C)C(C)C)nc(N)n1. The third-order valence-corrected chi connectivity index (χ3v) is 3.16. The summed E-state index contributed by atoms with van der Waals surface area (Å²) in [5.41, 5.74) is 6.71. The van der Waals surface area contributed by atoms with Crippen LogP contribution >= 0.6 is 0 Å². The van der Waals surface area contributed by atoms with Crippen LogP contribution in [0.4, 0.5) is 11.8 Å². The maximum atomic E-state index is 5.60. The van der Waals surface area contributed by atoms with Gasteiger partial charge in [0.25, 0.3) is 0 Å². The van der Waals surface area contributed by atoms with Crippen LogP contribution in [-0.4, -0.2) is 16.5 Å². The molecular formula is C12H22N4. The third-order valence-electron chi connectivity index (χ3n) is 3.16. The number of hydrogen-bond acceptors (Lipinski definition) is 4. The second kappa shape index (κ2) is 4.68. The zero-order chi connectivity index (χ0) is 12.3. The molecule has 0 amide bonds. The highest BCUT2D eigenvalue weighted by Crippen LogP contribution is 2.26. The molecule has 0 unspecified atom stereocenters. The summed E-state index contributed by atoms with van der Waals surface area (Å²) in [7, 11) is 0. The topological polar surface area (TPSA) is 63.8 Å². The normalized spacial score (nSPS) is 11.9. The molecule has 0 saturated carbocycles. The van der Waals surface area contributed by atoms with E-state index in [1.165, 1.54) is 0 Å². The molecule has 3 N–H and O–H groups in total. The van der Waals surface area contributed by atoms with Crippen molar-refractivity contribution in [1.82, 2.24) is 9.97 Å². The highest BCUT2D eigenvalue weighted by atomic mass is 15.1. The van der Waals surface area contributed by atoms with E-state index in [4.69, 9.17) is 5.73 Å². The van der Waals surface area contributed by atoms with Gasteiger partial charge in [-0.3, -0.25) is 0 Å². The van der Waals surface area contributed by atoms with Gasteiger partial charge in [0.2, 0.25) is 5.95 Å². The van der Waals surface area contributed by atoms with Crippen LogP contribution < -0.4 is 11.1 Å². The van der Waals surface area contributed by atoms with Crippen molar-refractivity contribution < 1.29 is 0 Å². The van der Waals surface area contributed by atoms with Gasteiger partial charge in [0.1, 0.15) is 5.82 Å². The fourth-order valence-electron chi connectivity index (χ4n) is 1.20. The molecule has 0 aliphatic carbocycles. The second-order valence-corrected chi connectivity index (χ2v) is 5.25. The Morgan fingerprint density at radius 3 is 2.50 bits per heavy atom. The number of hydrogen-bond donors (Lipinski definition) is 2. The Labute approximate surface area is 97.7 Å². The van der Waals surface area contributed by atoms with Crippen LogP contribution in [0.3, 0.4) is 0 Å². The van der Waals surface area contributed by atoms with Gasteiger partial charge in [0.05, 0.1) is 0 Å². The molecule has 1 aromatic heterocycles. The molecule has 90 valence electrons. The number of nitrogen functional groups attached to an aromatic ring is 1. The van der Waals surface area contributed by atoms with Crippen molar-refractivity contribution in [3.63, 3.8) is 0 Å². The summed E-state index contributed by atoms with van der Waals surface area (Å²) >= 11 is 0. The average molecular weight is 222 g/mol. The average Bonchev–Trinajstić information content (AvgIpc) is 2.13. The molecule has 0 atom stereocenters. The first-order valence-corrected chi connectivity index (χ1v) is 5.66. The van der Waals surface area contributed by atoms with Gasteiger partial charge in [0, 0.05) is 18.3 Å². The summed E-state index contributed by atoms with van der Waals surface area (Å²) in [6.45, 7) is 11.7. The predicted octanol–water partition coefficient (Wildman–Crippen LogP) is 2.46. The quantitative estimate of drug-likeness (QED) is 0.821. The highest BCUT2D eigenvalue weighted by molar-refractivity contribution is 5.40. The van der Waals surface area contributed by atoms with Crippen molar-refractivity contribution in [1.29, 1.82) is 0 Å². The van der Waals surface area contributed by atoms with Gasteiger partial charge < -0.3 is 11.1 Å². The Morgan fingerprint density at radius 1 is 1.38 bits per heavy atom. The lowest BCUT2D eigenvalue weighted by molar-refractivity contribution is 0.269. The lowest BCUT2D eigenvalue weighted by atomic mass is 9.81. The fourth-order valence-corrected chi connectivity index (χ4v) is 1.20. The van der Waals surface area contributed by atoms with Crippen molar-refractivity contribution in [2.75, 3.05) is 17.6 Å². The van der Waals surface area contributed by atoms with E-state index in [1.807, 2.05) is 13.0 Å². The van der Waals surface area contributed by atoms with Gasteiger partial charge in [-0.1, -0.05) is 27.7 Å². The Kier molecular flexibility index (Phi) is 3.73. The molecular weight excluding hydrogens is 200 g/mol. The summed E-state index contributed by atoms with van der Waals surface area (Å²) in [6.07, 6.45) is 0. The lowest BCUT2D eigenvalue weighted by Crippen LogP contribution is -2.28. The van der Waals surface area contributed by atoms with Crippen LogP contribution in [0.1, 0.15) is 33.4 Å². The van der Waals surface area contributed by atoms with Gasteiger partial charge in [0.15, 0.2) is 0 Å². The second-order valence-electron chi connectivity index (χ2n) is 5.25. The smallest absolute Gasteiger partial charge is 0.222 e. The first kappa shape index (κ1) is 12.7. The Bertz CT molecular complexity index is 338. The van der Waals surface area contributed by atoms with E-state index >= 15 is 0 Å². The molecule has 1 rings (SSSR count). The summed E-state index contributed by atoms with van der Waals surface area (Å²) in [5, 5.41) is 3.32. The third kappa shape index (κ3) is 3.36. The van der Waals surface area contributed by atoms with Crippen molar-refractivity contribution in [3.8, 4) is 0 Å². The molecule has 1 aromatic rings. The van der Waals surface area contributed by atoms with E-state index in [9.17, 15) is 0 Å². The predicted molar refractivity (Wildman–Crippen MR) is 68.3 cm³/mol. The first-order chi connectivity index (χ1) is 7.31. The number of nitrogens with zero attached hydrogens (tertiary/aromatic N) is 2. The van der Waals surface area contributed by atoms with Crippen LogP contribution in [-0.2, 0) is 0 Å². The molecule has 0 bridgehead atoms. The zero-order valence-corrected chi connectivity index (χ0v) is 10.8. The molecule has 0 saturated heterocycles. The maximum absolute atomic E-state index is 5.60. The van der Waals surface area contributed by atoms with E-state index in [-0.39, 0.29) is 5.41 Å². The summed E-state index contributed by atoms with van der Waals surface area (Å²) < 4.78 is 0. The number of aromatic nitrogens is 2. The van der Waals surface area contributed by atoms with Crippen LogP contribution in [0.15, 0.2) is 6.07 Å². The number of anilines is 2. The summed E-state index contributed by atoms with van der Waals surface area (Å²) in [4.78, 5) is 8.19. The van der Waals surface area contributed by atoms with Crippen LogP contribution in [0.5, 0.6) is 0 Å². The molecule has 0 spiro atoms. The minimum atomic E-state index is 0.230. The molecule has 0 radical (unpaired) electrons. The van der Waals surface area contributed by atoms with Gasteiger partial charge >= 0.3 is 0 Å². The van der Waals surface area contributed by atoms with Gasteiger partial charge in [-0.15, -0.1) is 0 Å². The van der Waals surface area contributed by atoms with Crippen molar-refractivity contribution in [3.05, 3.63) is 11.8 Å². The number of nitrogens with two attached hydrogens (primary N) is 1. The number of rotatable bonds is 4. The zero-order valence-electron chi connectivity index (χ0n) is 10.8. The van der Waals surface area contributed by atoms with E-state index in [0.29, 0.717) is 11.9 Å². The highest BCUT2D eigenvalue weighted by Gasteiger charge is 2.22. The van der Waals surface area contributed by atoms with Gasteiger partial charge in [-0.25, -0.2) is 4.98 Å². The minimum absolute atomic E-state index is 0.230. The molecule has 1 heterocycles. The molecule has 4 heteroatoms. The minimum Gasteiger partial charge on any atom is -0.369 e. The number of aryl methyl sites for hydroxylation is 1. The van der Waals surface area contributed by atoms with Crippen molar-refractivity contribution >= 4 is 11.8 Å². The van der Waals surface area contributed by atoms with Gasteiger partial charge in [-0.05, 0) is 18.3 Å². The van der Waals surface area contributed by atoms with E-state index in [1.54, 1.807) is 0 Å². The van der Waals surface area contributed by atoms with Crippen LogP contribution in [0.25, 0.3) is 0 Å². The largest absolute Gasteiger partial charge is 0.369 e. The van der Waals surface area contributed by atoms with Crippen molar-refractivity contribution in [2.45, 2.75) is 34.6 Å². The van der Waals surface area contributed by atoms with E-state index < -0.39 is 0 Å². The van der Waals surface area contributed by atoms with E-state index in [0.717, 1.165) is 18.1 Å². The molecule has 0 aliphatic heterocycles. The standard InChI is InChI=1S/C12H22N4/c1-8(2)12(4,5)7-14-10-6-9(3)15-11(13)16-10/h6,8H,7H2,1-5H3,(H3,13,14,15,16). The van der Waals surface area contributed by atoms with Crippen LogP contribution in [0, 0.1) is 18.3 Å². The van der Waals surface area contributed by atoms with Crippen LogP contribution in [0.2, 0.25) is 0 Å². The lowest BCUT2D eigenvalue weighted by Gasteiger charge is -2.29. The first-order valence-electron chi connectivity index (χ1n) is 5.66. The fraction of sp³-hybridized carbons (Fsp3) is 0.667. The van der Waals surface area contributed by atoms with E-state index in [2.05, 4.69) is 43.0 Å². The monoisotopic (exact) mass is 222 g/mol. The maximum Gasteiger partial charge on any atom is 0.222 e. The van der Waals surface area contributed by atoms with Crippen molar-refractivity contribution in [2.24, 2.45) is 11.3 Å². The molecule has 4 nitrogen and oxygen atoms in total. The molecule has 0 aliphatic rings.